The number of nitriles is 1. The number of piperazine rings is 1. The summed E-state index contributed by atoms with van der Waals surface area (Å²) in [6, 6.07) is 8.71. The highest BCUT2D eigenvalue weighted by molar-refractivity contribution is 5.86. The largest absolute Gasteiger partial charge is 0.353 e. The maximum absolute atomic E-state index is 11.8. The summed E-state index contributed by atoms with van der Waals surface area (Å²) in [5, 5.41) is 17.0. The van der Waals surface area contributed by atoms with E-state index in [9.17, 15) is 9.59 Å². The first-order valence-corrected chi connectivity index (χ1v) is 5.96. The number of nitrogens with one attached hydrogen (secondary N) is 3. The van der Waals surface area contributed by atoms with Crippen molar-refractivity contribution in [2.24, 2.45) is 0 Å². The molecule has 1 aromatic rings. The molecule has 2 amide bonds. The van der Waals surface area contributed by atoms with Gasteiger partial charge in [0.2, 0.25) is 11.8 Å². The van der Waals surface area contributed by atoms with Gasteiger partial charge in [0.05, 0.1) is 18.2 Å². The van der Waals surface area contributed by atoms with Crippen molar-refractivity contribution in [3.05, 3.63) is 35.4 Å². The number of benzene rings is 1. The molecule has 1 unspecified atom stereocenters. The van der Waals surface area contributed by atoms with Gasteiger partial charge in [0.15, 0.2) is 0 Å². The van der Waals surface area contributed by atoms with Gasteiger partial charge >= 0.3 is 0 Å². The summed E-state index contributed by atoms with van der Waals surface area (Å²) in [5.74, 6) is -0.270. The molecule has 0 spiro atoms. The topological polar surface area (TPSA) is 94.0 Å². The normalized spacial score (nSPS) is 18.3. The van der Waals surface area contributed by atoms with Crippen molar-refractivity contribution < 1.29 is 9.59 Å². The highest BCUT2D eigenvalue weighted by Crippen LogP contribution is 2.03. The zero-order valence-electron chi connectivity index (χ0n) is 10.3. The van der Waals surface area contributed by atoms with Gasteiger partial charge in [-0.1, -0.05) is 12.1 Å². The lowest BCUT2D eigenvalue weighted by atomic mass is 10.1. The maximum Gasteiger partial charge on any atom is 0.239 e. The van der Waals surface area contributed by atoms with E-state index in [0.29, 0.717) is 18.7 Å². The molecule has 0 aliphatic carbocycles. The molecule has 0 saturated carbocycles. The van der Waals surface area contributed by atoms with Gasteiger partial charge in [0, 0.05) is 13.1 Å². The van der Waals surface area contributed by atoms with Gasteiger partial charge in [-0.05, 0) is 17.7 Å². The first-order valence-electron chi connectivity index (χ1n) is 5.96. The van der Waals surface area contributed by atoms with Crippen molar-refractivity contribution >= 4 is 11.8 Å². The Labute approximate surface area is 110 Å². The van der Waals surface area contributed by atoms with E-state index in [4.69, 9.17) is 5.26 Å². The van der Waals surface area contributed by atoms with Crippen LogP contribution in [0.2, 0.25) is 0 Å². The number of rotatable bonds is 3. The average molecular weight is 258 g/mol. The average Bonchev–Trinajstić information content (AvgIpc) is 2.46. The molecule has 6 heteroatoms. The molecule has 0 bridgehead atoms. The molecule has 0 radical (unpaired) electrons. The van der Waals surface area contributed by atoms with Gasteiger partial charge in [-0.15, -0.1) is 0 Å². The van der Waals surface area contributed by atoms with Gasteiger partial charge in [-0.25, -0.2) is 0 Å². The Morgan fingerprint density at radius 3 is 3.05 bits per heavy atom. The Bertz CT molecular complexity index is 526. The van der Waals surface area contributed by atoms with Crippen LogP contribution >= 0.6 is 0 Å². The SMILES string of the molecule is N#Cc1cccc(CNC(=O)C2CNC(=O)CN2)c1. The summed E-state index contributed by atoms with van der Waals surface area (Å²) in [5.41, 5.74) is 1.43. The fraction of sp³-hybridized carbons (Fsp3) is 0.308. The second-order valence-corrected chi connectivity index (χ2v) is 4.27. The molecule has 1 aromatic carbocycles. The molecule has 1 fully saturated rings. The zero-order chi connectivity index (χ0) is 13.7. The van der Waals surface area contributed by atoms with E-state index in [1.165, 1.54) is 0 Å². The number of nitrogens with zero attached hydrogens (tertiary/aromatic N) is 1. The van der Waals surface area contributed by atoms with E-state index in [-0.39, 0.29) is 18.4 Å². The van der Waals surface area contributed by atoms with E-state index in [1.54, 1.807) is 18.2 Å². The number of carbonyl (C=O) groups excluding carboxylic acids is 2. The van der Waals surface area contributed by atoms with E-state index in [2.05, 4.69) is 22.0 Å². The molecule has 0 aromatic heterocycles. The first-order chi connectivity index (χ1) is 9.19. The molecule has 1 saturated heterocycles. The molecule has 6 nitrogen and oxygen atoms in total. The minimum atomic E-state index is -0.406. The molecule has 1 atom stereocenters. The lowest BCUT2D eigenvalue weighted by molar-refractivity contribution is -0.126. The number of hydrogen-bond donors (Lipinski definition) is 3. The molecular formula is C13H14N4O2. The summed E-state index contributed by atoms with van der Waals surface area (Å²) >= 11 is 0. The Morgan fingerprint density at radius 1 is 1.53 bits per heavy atom. The van der Waals surface area contributed by atoms with Crippen LogP contribution in [0.25, 0.3) is 0 Å². The van der Waals surface area contributed by atoms with Crippen molar-refractivity contribution in [3.8, 4) is 6.07 Å². The molecule has 1 aliphatic rings. The van der Waals surface area contributed by atoms with E-state index in [0.717, 1.165) is 5.56 Å². The number of hydrogen-bond acceptors (Lipinski definition) is 4. The van der Waals surface area contributed by atoms with Crippen LogP contribution in [0.4, 0.5) is 0 Å². The number of carbonyl (C=O) groups is 2. The Balaban J connectivity index is 1.86. The molecule has 98 valence electrons. The molecule has 3 N–H and O–H groups in total. The molecule has 1 heterocycles. The quantitative estimate of drug-likeness (QED) is 0.665. The third-order valence-electron chi connectivity index (χ3n) is 2.85. The van der Waals surface area contributed by atoms with Crippen LogP contribution in [0.15, 0.2) is 24.3 Å². The minimum absolute atomic E-state index is 0.106. The smallest absolute Gasteiger partial charge is 0.239 e. The fourth-order valence-corrected chi connectivity index (χ4v) is 1.82. The van der Waals surface area contributed by atoms with Gasteiger partial charge in [0.25, 0.3) is 0 Å². The van der Waals surface area contributed by atoms with Crippen LogP contribution in [0.1, 0.15) is 11.1 Å². The van der Waals surface area contributed by atoms with Gasteiger partial charge in [0.1, 0.15) is 6.04 Å². The highest BCUT2D eigenvalue weighted by atomic mass is 16.2. The zero-order valence-corrected chi connectivity index (χ0v) is 10.3. The Hall–Kier alpha value is -2.39. The van der Waals surface area contributed by atoms with Crippen LogP contribution in [0.3, 0.4) is 0 Å². The van der Waals surface area contributed by atoms with Crippen LogP contribution in [-0.4, -0.2) is 30.9 Å². The van der Waals surface area contributed by atoms with E-state index < -0.39 is 6.04 Å². The van der Waals surface area contributed by atoms with E-state index >= 15 is 0 Å². The van der Waals surface area contributed by atoms with Gasteiger partial charge in [-0.3, -0.25) is 14.9 Å². The fourth-order valence-electron chi connectivity index (χ4n) is 1.82. The van der Waals surface area contributed by atoms with Crippen molar-refractivity contribution in [1.29, 1.82) is 5.26 Å². The molecular weight excluding hydrogens is 244 g/mol. The van der Waals surface area contributed by atoms with Gasteiger partial charge in [-0.2, -0.15) is 5.26 Å². The van der Waals surface area contributed by atoms with Gasteiger partial charge < -0.3 is 10.6 Å². The summed E-state index contributed by atoms with van der Waals surface area (Å²) in [4.78, 5) is 22.8. The maximum atomic E-state index is 11.8. The van der Waals surface area contributed by atoms with Crippen LogP contribution in [0, 0.1) is 11.3 Å². The second-order valence-electron chi connectivity index (χ2n) is 4.27. The molecule has 2 rings (SSSR count). The van der Waals surface area contributed by atoms with Crippen molar-refractivity contribution in [3.63, 3.8) is 0 Å². The van der Waals surface area contributed by atoms with Crippen LogP contribution in [0.5, 0.6) is 0 Å². The highest BCUT2D eigenvalue weighted by Gasteiger charge is 2.23. The number of amides is 2. The Morgan fingerprint density at radius 2 is 2.37 bits per heavy atom. The minimum Gasteiger partial charge on any atom is -0.353 e. The third-order valence-corrected chi connectivity index (χ3v) is 2.85. The summed E-state index contributed by atoms with van der Waals surface area (Å²) in [7, 11) is 0. The monoisotopic (exact) mass is 258 g/mol. The second kappa shape index (κ2) is 5.98. The van der Waals surface area contributed by atoms with Crippen LogP contribution in [-0.2, 0) is 16.1 Å². The van der Waals surface area contributed by atoms with E-state index in [1.807, 2.05) is 6.07 Å². The van der Waals surface area contributed by atoms with Crippen LogP contribution < -0.4 is 16.0 Å². The lowest BCUT2D eigenvalue weighted by Gasteiger charge is -2.23. The van der Waals surface area contributed by atoms with Crippen molar-refractivity contribution in [2.45, 2.75) is 12.6 Å². The predicted octanol–water partition coefficient (Wildman–Crippen LogP) is -0.738. The standard InChI is InChI=1S/C13H14N4O2/c14-5-9-2-1-3-10(4-9)6-17-13(19)11-7-16-12(18)8-15-11/h1-4,11,15H,6-8H2,(H,16,18)(H,17,19). The summed E-state index contributed by atoms with van der Waals surface area (Å²) in [6.45, 7) is 0.811. The Kier molecular flexibility index (Phi) is 4.11. The summed E-state index contributed by atoms with van der Waals surface area (Å²) < 4.78 is 0. The predicted molar refractivity (Wildman–Crippen MR) is 67.8 cm³/mol. The first kappa shape index (κ1) is 13.1. The summed E-state index contributed by atoms with van der Waals surface area (Å²) in [6.07, 6.45) is 0. The third kappa shape index (κ3) is 3.53. The molecule has 1 aliphatic heterocycles. The molecule has 19 heavy (non-hydrogen) atoms. The lowest BCUT2D eigenvalue weighted by Crippen LogP contribution is -2.57. The van der Waals surface area contributed by atoms with Crippen molar-refractivity contribution in [2.75, 3.05) is 13.1 Å². The van der Waals surface area contributed by atoms with Crippen molar-refractivity contribution in [1.82, 2.24) is 16.0 Å².